The van der Waals surface area contributed by atoms with E-state index < -0.39 is 0 Å². The summed E-state index contributed by atoms with van der Waals surface area (Å²) in [5.41, 5.74) is 1.66. The number of rotatable bonds is 4. The minimum Gasteiger partial charge on any atom is -0.369 e. The highest BCUT2D eigenvalue weighted by atomic mass is 79.9. The molecule has 0 fully saturated rings. The van der Waals surface area contributed by atoms with Crippen molar-refractivity contribution >= 4 is 21.7 Å². The lowest BCUT2D eigenvalue weighted by Crippen LogP contribution is -2.06. The van der Waals surface area contributed by atoms with Gasteiger partial charge in [-0.1, -0.05) is 6.92 Å². The van der Waals surface area contributed by atoms with Crippen molar-refractivity contribution in [2.24, 2.45) is 0 Å². The second-order valence-electron chi connectivity index (χ2n) is 4.23. The lowest BCUT2D eigenvalue weighted by Gasteiger charge is -2.10. The van der Waals surface area contributed by atoms with Crippen LogP contribution in [0.1, 0.15) is 19.0 Å². The topological polar surface area (TPSA) is 37.8 Å². The number of halogens is 2. The Balaban J connectivity index is 2.40. The Kier molecular flexibility index (Phi) is 4.47. The number of hydrogen-bond acceptors (Lipinski definition) is 3. The Morgan fingerprint density at radius 3 is 2.53 bits per heavy atom. The summed E-state index contributed by atoms with van der Waals surface area (Å²) in [4.78, 5) is 8.90. The van der Waals surface area contributed by atoms with E-state index in [1.807, 2.05) is 6.92 Å². The summed E-state index contributed by atoms with van der Waals surface area (Å²) < 4.78 is 13.8. The van der Waals surface area contributed by atoms with Crippen LogP contribution in [0.15, 0.2) is 28.7 Å². The molecule has 0 saturated carbocycles. The van der Waals surface area contributed by atoms with Gasteiger partial charge in [0.25, 0.3) is 0 Å². The quantitative estimate of drug-likeness (QED) is 0.917. The van der Waals surface area contributed by atoms with E-state index in [0.717, 1.165) is 34.5 Å². The standard InChI is InChI=1S/C14H15BrFN3/c1-3-8-17-14-12(15)9(2)18-13(19-14)10-4-6-11(16)7-5-10/h4-7H,3,8H2,1-2H3,(H,17,18,19). The molecule has 0 aliphatic heterocycles. The number of aryl methyl sites for hydroxylation is 1. The number of nitrogens with one attached hydrogen (secondary N) is 1. The monoisotopic (exact) mass is 323 g/mol. The molecule has 0 radical (unpaired) electrons. The van der Waals surface area contributed by atoms with Crippen LogP contribution >= 0.6 is 15.9 Å². The highest BCUT2D eigenvalue weighted by Gasteiger charge is 2.10. The molecule has 1 aromatic heterocycles. The maximum Gasteiger partial charge on any atom is 0.161 e. The van der Waals surface area contributed by atoms with E-state index in [-0.39, 0.29) is 5.82 Å². The van der Waals surface area contributed by atoms with Crippen molar-refractivity contribution in [2.75, 3.05) is 11.9 Å². The van der Waals surface area contributed by atoms with Gasteiger partial charge in [-0.25, -0.2) is 14.4 Å². The number of hydrogen-bond donors (Lipinski definition) is 1. The first-order valence-electron chi connectivity index (χ1n) is 6.15. The average molecular weight is 324 g/mol. The average Bonchev–Trinajstić information content (AvgIpc) is 2.41. The summed E-state index contributed by atoms with van der Waals surface area (Å²) in [6.45, 7) is 4.85. The van der Waals surface area contributed by atoms with E-state index in [1.54, 1.807) is 12.1 Å². The molecule has 0 unspecified atom stereocenters. The molecular weight excluding hydrogens is 309 g/mol. The summed E-state index contributed by atoms with van der Waals surface area (Å²) in [7, 11) is 0. The molecule has 0 bridgehead atoms. The molecule has 1 heterocycles. The molecule has 0 spiro atoms. The highest BCUT2D eigenvalue weighted by Crippen LogP contribution is 2.26. The molecule has 2 aromatic rings. The van der Waals surface area contributed by atoms with Crippen molar-refractivity contribution in [3.05, 3.63) is 40.2 Å². The number of aromatic nitrogens is 2. The van der Waals surface area contributed by atoms with E-state index in [2.05, 4.69) is 38.1 Å². The summed E-state index contributed by atoms with van der Waals surface area (Å²) in [5.74, 6) is 1.11. The maximum atomic E-state index is 12.9. The van der Waals surface area contributed by atoms with Crippen LogP contribution in [0, 0.1) is 12.7 Å². The molecule has 1 aromatic carbocycles. The molecule has 3 nitrogen and oxygen atoms in total. The molecule has 1 N–H and O–H groups in total. The molecule has 0 amide bonds. The molecule has 5 heteroatoms. The Morgan fingerprint density at radius 2 is 1.89 bits per heavy atom. The van der Waals surface area contributed by atoms with Crippen molar-refractivity contribution < 1.29 is 4.39 Å². The van der Waals surface area contributed by atoms with E-state index >= 15 is 0 Å². The lowest BCUT2D eigenvalue weighted by atomic mass is 10.2. The van der Waals surface area contributed by atoms with E-state index in [4.69, 9.17) is 0 Å². The van der Waals surface area contributed by atoms with Crippen LogP contribution in [0.2, 0.25) is 0 Å². The third-order valence-corrected chi connectivity index (χ3v) is 3.61. The van der Waals surface area contributed by atoms with Gasteiger partial charge in [-0.05, 0) is 53.5 Å². The third kappa shape index (κ3) is 3.29. The van der Waals surface area contributed by atoms with Crippen molar-refractivity contribution in [1.82, 2.24) is 9.97 Å². The van der Waals surface area contributed by atoms with Gasteiger partial charge >= 0.3 is 0 Å². The van der Waals surface area contributed by atoms with Gasteiger partial charge in [0, 0.05) is 12.1 Å². The molecule has 0 aliphatic rings. The van der Waals surface area contributed by atoms with Crippen molar-refractivity contribution in [3.63, 3.8) is 0 Å². The van der Waals surface area contributed by atoms with E-state index in [0.29, 0.717) is 5.82 Å². The smallest absolute Gasteiger partial charge is 0.161 e. The van der Waals surface area contributed by atoms with Gasteiger partial charge in [0.1, 0.15) is 11.6 Å². The second kappa shape index (κ2) is 6.10. The molecule has 0 aliphatic carbocycles. The Morgan fingerprint density at radius 1 is 1.21 bits per heavy atom. The summed E-state index contributed by atoms with van der Waals surface area (Å²) in [5, 5.41) is 3.25. The number of nitrogens with zero attached hydrogens (tertiary/aromatic N) is 2. The molecule has 0 atom stereocenters. The first kappa shape index (κ1) is 13.9. The van der Waals surface area contributed by atoms with E-state index in [1.165, 1.54) is 12.1 Å². The van der Waals surface area contributed by atoms with Gasteiger partial charge in [-0.3, -0.25) is 0 Å². The van der Waals surface area contributed by atoms with Crippen molar-refractivity contribution in [3.8, 4) is 11.4 Å². The predicted octanol–water partition coefficient (Wildman–Crippen LogP) is 4.18. The predicted molar refractivity (Wildman–Crippen MR) is 78.6 cm³/mol. The van der Waals surface area contributed by atoms with Gasteiger partial charge < -0.3 is 5.32 Å². The van der Waals surface area contributed by atoms with Crippen LogP contribution in [0.3, 0.4) is 0 Å². The lowest BCUT2D eigenvalue weighted by molar-refractivity contribution is 0.628. The molecule has 100 valence electrons. The number of anilines is 1. The van der Waals surface area contributed by atoms with Gasteiger partial charge in [0.05, 0.1) is 10.2 Å². The van der Waals surface area contributed by atoms with Crippen LogP contribution in [-0.4, -0.2) is 16.5 Å². The zero-order valence-electron chi connectivity index (χ0n) is 10.9. The van der Waals surface area contributed by atoms with Crippen LogP contribution in [0.25, 0.3) is 11.4 Å². The second-order valence-corrected chi connectivity index (χ2v) is 5.02. The third-order valence-electron chi connectivity index (χ3n) is 2.66. The van der Waals surface area contributed by atoms with Crippen molar-refractivity contribution in [1.29, 1.82) is 0 Å². The first-order chi connectivity index (χ1) is 9.11. The Labute approximate surface area is 120 Å². The Bertz CT molecular complexity index is 570. The van der Waals surface area contributed by atoms with Crippen molar-refractivity contribution in [2.45, 2.75) is 20.3 Å². The van der Waals surface area contributed by atoms with Crippen LogP contribution < -0.4 is 5.32 Å². The molecular formula is C14H15BrFN3. The van der Waals surface area contributed by atoms with E-state index in [9.17, 15) is 4.39 Å². The van der Waals surface area contributed by atoms with Crippen LogP contribution in [0.5, 0.6) is 0 Å². The minimum absolute atomic E-state index is 0.262. The Hall–Kier alpha value is -1.49. The normalized spacial score (nSPS) is 10.5. The zero-order chi connectivity index (χ0) is 13.8. The van der Waals surface area contributed by atoms with Gasteiger partial charge in [0.15, 0.2) is 5.82 Å². The molecule has 19 heavy (non-hydrogen) atoms. The number of benzene rings is 1. The highest BCUT2D eigenvalue weighted by molar-refractivity contribution is 9.10. The summed E-state index contributed by atoms with van der Waals surface area (Å²) in [6, 6.07) is 6.19. The largest absolute Gasteiger partial charge is 0.369 e. The minimum atomic E-state index is -0.262. The summed E-state index contributed by atoms with van der Waals surface area (Å²) >= 11 is 3.48. The van der Waals surface area contributed by atoms with Crippen LogP contribution in [0.4, 0.5) is 10.2 Å². The van der Waals surface area contributed by atoms with Gasteiger partial charge in [-0.2, -0.15) is 0 Å². The zero-order valence-corrected chi connectivity index (χ0v) is 12.5. The maximum absolute atomic E-state index is 12.9. The fourth-order valence-electron chi connectivity index (χ4n) is 1.65. The molecule has 0 saturated heterocycles. The van der Waals surface area contributed by atoms with Crippen LogP contribution in [-0.2, 0) is 0 Å². The first-order valence-corrected chi connectivity index (χ1v) is 6.95. The van der Waals surface area contributed by atoms with Gasteiger partial charge in [-0.15, -0.1) is 0 Å². The fourth-order valence-corrected chi connectivity index (χ4v) is 1.97. The fraction of sp³-hybridized carbons (Fsp3) is 0.286. The van der Waals surface area contributed by atoms with Gasteiger partial charge in [0.2, 0.25) is 0 Å². The summed E-state index contributed by atoms with van der Waals surface area (Å²) in [6.07, 6.45) is 1.02. The SMILES string of the molecule is CCCNc1nc(-c2ccc(F)cc2)nc(C)c1Br. The molecule has 2 rings (SSSR count).